The third-order valence-corrected chi connectivity index (χ3v) is 4.31. The first-order valence-electron chi connectivity index (χ1n) is 9.45. The van der Waals surface area contributed by atoms with Crippen molar-refractivity contribution in [2.45, 2.75) is 26.2 Å². The molecule has 0 fully saturated rings. The summed E-state index contributed by atoms with van der Waals surface area (Å²) in [6, 6.07) is 13.4. The van der Waals surface area contributed by atoms with E-state index < -0.39 is 0 Å². The summed E-state index contributed by atoms with van der Waals surface area (Å²) in [5, 5.41) is 3.85. The summed E-state index contributed by atoms with van der Waals surface area (Å²) in [6.45, 7) is 4.18. The first-order valence-corrected chi connectivity index (χ1v) is 9.45. The van der Waals surface area contributed by atoms with Crippen molar-refractivity contribution in [1.29, 1.82) is 0 Å². The zero-order chi connectivity index (χ0) is 18.9. The van der Waals surface area contributed by atoms with Gasteiger partial charge in [0.05, 0.1) is 16.8 Å². The zero-order valence-electron chi connectivity index (χ0n) is 15.6. The normalized spacial score (nSPS) is 10.9. The minimum Gasteiger partial charge on any atom is -0.381 e. The summed E-state index contributed by atoms with van der Waals surface area (Å²) in [6.07, 6.45) is 6.48. The van der Waals surface area contributed by atoms with Crippen LogP contribution >= 0.6 is 0 Å². The monoisotopic (exact) mass is 363 g/mol. The predicted octanol–water partition coefficient (Wildman–Crippen LogP) is 4.23. The fourth-order valence-electron chi connectivity index (χ4n) is 2.85. The summed E-state index contributed by atoms with van der Waals surface area (Å²) in [5.41, 5.74) is 3.06. The number of benzene rings is 1. The number of carbonyl (C=O) groups is 1. The second-order valence-corrected chi connectivity index (χ2v) is 6.39. The molecule has 0 bridgehead atoms. The molecular weight excluding hydrogens is 338 g/mol. The van der Waals surface area contributed by atoms with Crippen molar-refractivity contribution in [2.75, 3.05) is 19.8 Å². The highest BCUT2D eigenvalue weighted by molar-refractivity contribution is 6.07. The van der Waals surface area contributed by atoms with Gasteiger partial charge in [-0.05, 0) is 37.1 Å². The van der Waals surface area contributed by atoms with Crippen molar-refractivity contribution in [1.82, 2.24) is 15.3 Å². The van der Waals surface area contributed by atoms with Crippen molar-refractivity contribution in [3.05, 3.63) is 60.4 Å². The molecular formula is C22H25N3O2. The maximum Gasteiger partial charge on any atom is 0.252 e. The Balaban J connectivity index is 1.73. The average Bonchev–Trinajstić information content (AvgIpc) is 2.72. The molecule has 5 nitrogen and oxygen atoms in total. The maximum atomic E-state index is 12.8. The van der Waals surface area contributed by atoms with Gasteiger partial charge < -0.3 is 10.1 Å². The van der Waals surface area contributed by atoms with Crippen molar-refractivity contribution in [3.63, 3.8) is 0 Å². The minimum absolute atomic E-state index is 0.0905. The van der Waals surface area contributed by atoms with Gasteiger partial charge in [-0.25, -0.2) is 4.98 Å². The van der Waals surface area contributed by atoms with Crippen molar-refractivity contribution in [2.24, 2.45) is 0 Å². The number of ether oxygens (including phenoxy) is 1. The van der Waals surface area contributed by atoms with Gasteiger partial charge in [-0.15, -0.1) is 0 Å². The van der Waals surface area contributed by atoms with E-state index in [1.807, 2.05) is 42.5 Å². The summed E-state index contributed by atoms with van der Waals surface area (Å²) in [4.78, 5) is 21.6. The number of amides is 1. The molecule has 0 unspecified atom stereocenters. The Bertz CT molecular complexity index is 881. The number of hydrogen-bond donors (Lipinski definition) is 1. The lowest BCUT2D eigenvalue weighted by Gasteiger charge is -2.11. The molecule has 0 saturated carbocycles. The van der Waals surface area contributed by atoms with Gasteiger partial charge in [0, 0.05) is 43.1 Å². The number of unbranched alkanes of at least 4 members (excludes halogenated alkanes) is 1. The Morgan fingerprint density at radius 2 is 1.96 bits per heavy atom. The molecule has 0 radical (unpaired) electrons. The number of nitrogens with zero attached hydrogens (tertiary/aromatic N) is 2. The maximum absolute atomic E-state index is 12.8. The van der Waals surface area contributed by atoms with Crippen LogP contribution in [0.15, 0.2) is 54.9 Å². The number of para-hydroxylation sites is 1. The molecule has 1 amide bonds. The highest BCUT2D eigenvalue weighted by atomic mass is 16.5. The molecule has 1 aromatic carbocycles. The number of nitrogens with one attached hydrogen (secondary N) is 1. The van der Waals surface area contributed by atoms with Gasteiger partial charge in [0.2, 0.25) is 0 Å². The number of hydrogen-bond acceptors (Lipinski definition) is 4. The summed E-state index contributed by atoms with van der Waals surface area (Å²) >= 11 is 0. The molecule has 0 atom stereocenters. The Kier molecular flexibility index (Phi) is 6.88. The minimum atomic E-state index is -0.0905. The van der Waals surface area contributed by atoms with E-state index in [2.05, 4.69) is 22.2 Å². The molecule has 140 valence electrons. The van der Waals surface area contributed by atoms with Crippen LogP contribution in [0.2, 0.25) is 0 Å². The van der Waals surface area contributed by atoms with E-state index in [-0.39, 0.29) is 5.91 Å². The lowest BCUT2D eigenvalue weighted by atomic mass is 10.0. The lowest BCUT2D eigenvalue weighted by Crippen LogP contribution is -2.25. The molecule has 1 N–H and O–H groups in total. The van der Waals surface area contributed by atoms with Crippen LogP contribution in [0.4, 0.5) is 0 Å². The number of fused-ring (bicyclic) bond motifs is 1. The Morgan fingerprint density at radius 1 is 1.11 bits per heavy atom. The van der Waals surface area contributed by atoms with E-state index in [1.165, 1.54) is 0 Å². The van der Waals surface area contributed by atoms with Gasteiger partial charge in [-0.3, -0.25) is 9.78 Å². The van der Waals surface area contributed by atoms with E-state index in [4.69, 9.17) is 4.74 Å². The molecule has 5 heteroatoms. The molecule has 0 aliphatic heterocycles. The lowest BCUT2D eigenvalue weighted by molar-refractivity contribution is 0.0942. The van der Waals surface area contributed by atoms with Gasteiger partial charge in [-0.2, -0.15) is 0 Å². The van der Waals surface area contributed by atoms with Crippen LogP contribution in [-0.2, 0) is 4.74 Å². The molecule has 0 spiro atoms. The van der Waals surface area contributed by atoms with E-state index in [0.29, 0.717) is 18.7 Å². The van der Waals surface area contributed by atoms with E-state index in [9.17, 15) is 4.79 Å². The SMILES string of the molecule is CCCCOCCCNC(=O)c1cc(-c2cccnc2)nc2ccccc12. The number of rotatable bonds is 9. The Hall–Kier alpha value is -2.79. The molecule has 2 aromatic heterocycles. The topological polar surface area (TPSA) is 64.1 Å². The molecule has 3 rings (SSSR count). The number of pyridine rings is 2. The quantitative estimate of drug-likeness (QED) is 0.578. The summed E-state index contributed by atoms with van der Waals surface area (Å²) < 4.78 is 5.54. The van der Waals surface area contributed by atoms with Crippen LogP contribution in [0, 0.1) is 0 Å². The molecule has 2 heterocycles. The number of carbonyl (C=O) groups excluding carboxylic acids is 1. The molecule has 3 aromatic rings. The Morgan fingerprint density at radius 3 is 2.78 bits per heavy atom. The van der Waals surface area contributed by atoms with E-state index in [1.54, 1.807) is 12.4 Å². The molecule has 0 aliphatic carbocycles. The fourth-order valence-corrected chi connectivity index (χ4v) is 2.85. The van der Waals surface area contributed by atoms with Gasteiger partial charge in [0.25, 0.3) is 5.91 Å². The molecule has 27 heavy (non-hydrogen) atoms. The first-order chi connectivity index (χ1) is 13.3. The Labute approximate surface area is 159 Å². The van der Waals surface area contributed by atoms with Crippen LogP contribution in [0.5, 0.6) is 0 Å². The van der Waals surface area contributed by atoms with Gasteiger partial charge >= 0.3 is 0 Å². The first kappa shape index (κ1) is 19.0. The predicted molar refractivity (Wildman–Crippen MR) is 108 cm³/mol. The van der Waals surface area contributed by atoms with Crippen LogP contribution < -0.4 is 5.32 Å². The standard InChI is InChI=1S/C22H25N3O2/c1-2-3-13-27-14-7-12-24-22(26)19-15-21(17-8-6-11-23-16-17)25-20-10-5-4-9-18(19)20/h4-6,8-11,15-16H,2-3,7,12-14H2,1H3,(H,24,26). The van der Waals surface area contributed by atoms with Crippen molar-refractivity contribution >= 4 is 16.8 Å². The third-order valence-electron chi connectivity index (χ3n) is 4.31. The van der Waals surface area contributed by atoms with Gasteiger partial charge in [0.15, 0.2) is 0 Å². The highest BCUT2D eigenvalue weighted by Gasteiger charge is 2.13. The van der Waals surface area contributed by atoms with Crippen LogP contribution in [0.25, 0.3) is 22.2 Å². The van der Waals surface area contributed by atoms with E-state index >= 15 is 0 Å². The summed E-state index contributed by atoms with van der Waals surface area (Å²) in [7, 11) is 0. The van der Waals surface area contributed by atoms with Crippen LogP contribution in [0.3, 0.4) is 0 Å². The second kappa shape index (κ2) is 9.78. The largest absolute Gasteiger partial charge is 0.381 e. The summed E-state index contributed by atoms with van der Waals surface area (Å²) in [5.74, 6) is -0.0905. The smallest absolute Gasteiger partial charge is 0.252 e. The van der Waals surface area contributed by atoms with Gasteiger partial charge in [-0.1, -0.05) is 31.5 Å². The highest BCUT2D eigenvalue weighted by Crippen LogP contribution is 2.24. The van der Waals surface area contributed by atoms with Crippen LogP contribution in [0.1, 0.15) is 36.5 Å². The van der Waals surface area contributed by atoms with Crippen LogP contribution in [-0.4, -0.2) is 35.6 Å². The molecule has 0 saturated heterocycles. The van der Waals surface area contributed by atoms with Crippen molar-refractivity contribution in [3.8, 4) is 11.3 Å². The second-order valence-electron chi connectivity index (χ2n) is 6.39. The molecule has 0 aliphatic rings. The fraction of sp³-hybridized carbons (Fsp3) is 0.318. The zero-order valence-corrected chi connectivity index (χ0v) is 15.6. The average molecular weight is 363 g/mol. The van der Waals surface area contributed by atoms with Gasteiger partial charge in [0.1, 0.15) is 0 Å². The third kappa shape index (κ3) is 5.11. The van der Waals surface area contributed by atoms with E-state index in [0.717, 1.165) is 48.0 Å². The van der Waals surface area contributed by atoms with Crippen molar-refractivity contribution < 1.29 is 9.53 Å². The number of aromatic nitrogens is 2.